The lowest BCUT2D eigenvalue weighted by atomic mass is 10.00. The van der Waals surface area contributed by atoms with Gasteiger partial charge in [-0.2, -0.15) is 0 Å². The number of rotatable bonds is 0. The van der Waals surface area contributed by atoms with Crippen LogP contribution in [-0.2, 0) is 0 Å². The van der Waals surface area contributed by atoms with Crippen LogP contribution in [0.2, 0.25) is 0 Å². The lowest BCUT2D eigenvalue weighted by molar-refractivity contribution is 0.0764. The van der Waals surface area contributed by atoms with Gasteiger partial charge in [-0.15, -0.1) is 0 Å². The Morgan fingerprint density at radius 1 is 1.11 bits per heavy atom. The number of nitrogens with zero attached hydrogens (tertiary/aromatic N) is 1. The molecule has 1 atom stereocenters. The Bertz CT molecular complexity index is 657. The topological polar surface area (TPSA) is 33.6 Å². The molecule has 0 bridgehead atoms. The van der Waals surface area contributed by atoms with E-state index >= 15 is 0 Å². The molecule has 19 heavy (non-hydrogen) atoms. The summed E-state index contributed by atoms with van der Waals surface area (Å²) < 4.78 is 6.21. The number of hydrogen-bond donors (Lipinski definition) is 1. The van der Waals surface area contributed by atoms with Crippen LogP contribution >= 0.6 is 0 Å². The minimum Gasteiger partial charge on any atom is -0.465 e. The molecule has 3 nitrogen and oxygen atoms in total. The first kappa shape index (κ1) is 11.0. The van der Waals surface area contributed by atoms with Crippen molar-refractivity contribution in [2.45, 2.75) is 25.0 Å². The largest absolute Gasteiger partial charge is 0.465 e. The second kappa shape index (κ2) is 4.07. The zero-order valence-corrected chi connectivity index (χ0v) is 10.7. The van der Waals surface area contributed by atoms with E-state index < -0.39 is 0 Å². The van der Waals surface area contributed by atoms with E-state index in [1.165, 1.54) is 18.2 Å². The lowest BCUT2D eigenvalue weighted by Gasteiger charge is -2.37. The average molecular weight is 252 g/mol. The maximum atomic E-state index is 6.21. The van der Waals surface area contributed by atoms with Crippen molar-refractivity contribution in [1.82, 2.24) is 5.32 Å². The van der Waals surface area contributed by atoms with Crippen LogP contribution in [0.15, 0.2) is 41.4 Å². The molecule has 2 aromatic carbocycles. The molecule has 2 aliphatic heterocycles. The number of hydrogen-bond acceptors (Lipinski definition) is 3. The van der Waals surface area contributed by atoms with Crippen molar-refractivity contribution in [1.29, 1.82) is 0 Å². The van der Waals surface area contributed by atoms with Crippen LogP contribution in [0.25, 0.3) is 10.8 Å². The molecule has 1 N–H and O–H groups in total. The first-order valence-corrected chi connectivity index (χ1v) is 6.87. The third-order valence-electron chi connectivity index (χ3n) is 3.96. The van der Waals surface area contributed by atoms with Gasteiger partial charge in [-0.05, 0) is 30.8 Å². The van der Waals surface area contributed by atoms with E-state index in [1.807, 2.05) is 24.4 Å². The van der Waals surface area contributed by atoms with Crippen LogP contribution in [0, 0.1) is 0 Å². The van der Waals surface area contributed by atoms with Crippen LogP contribution in [0.5, 0.6) is 5.75 Å². The summed E-state index contributed by atoms with van der Waals surface area (Å²) in [6, 6.07) is 12.4. The van der Waals surface area contributed by atoms with Gasteiger partial charge in [0.15, 0.2) is 5.72 Å². The second-order valence-electron chi connectivity index (χ2n) is 5.27. The number of aliphatic imine (C=N–C) groups is 1. The molecule has 1 saturated heterocycles. The summed E-state index contributed by atoms with van der Waals surface area (Å²) in [6.45, 7) is 0.995. The molecule has 3 heteroatoms. The molecule has 2 heterocycles. The highest BCUT2D eigenvalue weighted by atomic mass is 16.5. The number of benzene rings is 2. The number of nitrogens with one attached hydrogen (secondary N) is 1. The SMILES string of the molecule is C1=Nc2c(ccc3ccccc23)OC12CCCCN2. The summed E-state index contributed by atoms with van der Waals surface area (Å²) in [6.07, 6.45) is 5.33. The summed E-state index contributed by atoms with van der Waals surface area (Å²) >= 11 is 0. The van der Waals surface area contributed by atoms with Gasteiger partial charge in [-0.25, -0.2) is 0 Å². The van der Waals surface area contributed by atoms with Crippen molar-refractivity contribution in [3.63, 3.8) is 0 Å². The normalized spacial score (nSPS) is 25.3. The summed E-state index contributed by atoms with van der Waals surface area (Å²) in [5.74, 6) is 0.885. The predicted octanol–water partition coefficient (Wildman–Crippen LogP) is 3.40. The molecule has 0 aromatic heterocycles. The molecular formula is C16H16N2O. The van der Waals surface area contributed by atoms with E-state index in [2.05, 4.69) is 28.5 Å². The molecule has 0 amide bonds. The van der Waals surface area contributed by atoms with Crippen molar-refractivity contribution in [2.75, 3.05) is 6.54 Å². The van der Waals surface area contributed by atoms with Crippen LogP contribution < -0.4 is 10.1 Å². The van der Waals surface area contributed by atoms with E-state index in [9.17, 15) is 0 Å². The fraction of sp³-hybridized carbons (Fsp3) is 0.312. The Kier molecular flexibility index (Phi) is 2.35. The molecule has 1 spiro atoms. The fourth-order valence-corrected chi connectivity index (χ4v) is 2.94. The average Bonchev–Trinajstić information content (AvgIpc) is 2.47. The Labute approximate surface area is 112 Å². The van der Waals surface area contributed by atoms with Gasteiger partial charge in [0.25, 0.3) is 0 Å². The van der Waals surface area contributed by atoms with E-state index in [0.717, 1.165) is 29.8 Å². The highest BCUT2D eigenvalue weighted by Crippen LogP contribution is 2.40. The van der Waals surface area contributed by atoms with Gasteiger partial charge in [0, 0.05) is 11.8 Å². The molecule has 0 aliphatic carbocycles. The van der Waals surface area contributed by atoms with Crippen LogP contribution in [0.3, 0.4) is 0 Å². The Morgan fingerprint density at radius 3 is 2.95 bits per heavy atom. The molecule has 1 fully saturated rings. The quantitative estimate of drug-likeness (QED) is 0.779. The molecule has 2 aromatic rings. The Morgan fingerprint density at radius 2 is 2.05 bits per heavy atom. The van der Waals surface area contributed by atoms with Crippen molar-refractivity contribution in [2.24, 2.45) is 4.99 Å². The van der Waals surface area contributed by atoms with Gasteiger partial charge >= 0.3 is 0 Å². The zero-order valence-electron chi connectivity index (χ0n) is 10.7. The maximum absolute atomic E-state index is 6.21. The van der Waals surface area contributed by atoms with E-state index in [1.54, 1.807) is 0 Å². The maximum Gasteiger partial charge on any atom is 0.197 e. The number of piperidine rings is 1. The predicted molar refractivity (Wildman–Crippen MR) is 77.3 cm³/mol. The van der Waals surface area contributed by atoms with Crippen LogP contribution in [0.1, 0.15) is 19.3 Å². The van der Waals surface area contributed by atoms with Gasteiger partial charge in [0.1, 0.15) is 11.4 Å². The summed E-state index contributed by atoms with van der Waals surface area (Å²) in [4.78, 5) is 4.69. The third-order valence-corrected chi connectivity index (χ3v) is 3.96. The van der Waals surface area contributed by atoms with Gasteiger partial charge in [-0.3, -0.25) is 10.3 Å². The zero-order chi connectivity index (χ0) is 12.7. The Hall–Kier alpha value is -1.87. The monoisotopic (exact) mass is 252 g/mol. The summed E-state index contributed by atoms with van der Waals surface area (Å²) in [7, 11) is 0. The van der Waals surface area contributed by atoms with Crippen molar-refractivity contribution >= 4 is 22.7 Å². The molecule has 2 aliphatic rings. The first-order chi connectivity index (χ1) is 9.36. The molecule has 0 saturated carbocycles. The third kappa shape index (κ3) is 1.73. The number of fused-ring (bicyclic) bond motifs is 3. The molecule has 96 valence electrons. The lowest BCUT2D eigenvalue weighted by Crippen LogP contribution is -2.55. The smallest absolute Gasteiger partial charge is 0.197 e. The van der Waals surface area contributed by atoms with E-state index in [-0.39, 0.29) is 5.72 Å². The fourth-order valence-electron chi connectivity index (χ4n) is 2.94. The van der Waals surface area contributed by atoms with Gasteiger partial charge in [-0.1, -0.05) is 30.3 Å². The Balaban J connectivity index is 1.83. The van der Waals surface area contributed by atoms with E-state index in [4.69, 9.17) is 4.74 Å². The van der Waals surface area contributed by atoms with Gasteiger partial charge in [0.2, 0.25) is 0 Å². The minimum atomic E-state index is -0.381. The molecular weight excluding hydrogens is 236 g/mol. The highest BCUT2D eigenvalue weighted by Gasteiger charge is 2.35. The minimum absolute atomic E-state index is 0.381. The number of ether oxygens (including phenoxy) is 1. The standard InChI is InChI=1S/C16H16N2O/c1-2-6-13-12(5-1)7-8-14-15(13)17-11-16(19-14)9-3-4-10-18-16/h1-2,5-8,11,18H,3-4,9-10H2. The highest BCUT2D eigenvalue weighted by molar-refractivity contribution is 5.98. The van der Waals surface area contributed by atoms with Gasteiger partial charge < -0.3 is 4.74 Å². The van der Waals surface area contributed by atoms with Crippen molar-refractivity contribution in [3.8, 4) is 5.75 Å². The van der Waals surface area contributed by atoms with Gasteiger partial charge in [0.05, 0.1) is 6.21 Å². The van der Waals surface area contributed by atoms with Crippen LogP contribution in [0.4, 0.5) is 5.69 Å². The molecule has 4 rings (SSSR count). The molecule has 1 unspecified atom stereocenters. The van der Waals surface area contributed by atoms with E-state index in [0.29, 0.717) is 0 Å². The van der Waals surface area contributed by atoms with Crippen molar-refractivity contribution in [3.05, 3.63) is 36.4 Å². The molecule has 0 radical (unpaired) electrons. The second-order valence-corrected chi connectivity index (χ2v) is 5.27. The first-order valence-electron chi connectivity index (χ1n) is 6.87. The summed E-state index contributed by atoms with van der Waals surface area (Å²) in [5, 5.41) is 5.81. The van der Waals surface area contributed by atoms with Crippen molar-refractivity contribution < 1.29 is 4.74 Å². The van der Waals surface area contributed by atoms with Crippen LogP contribution in [-0.4, -0.2) is 18.5 Å². The summed E-state index contributed by atoms with van der Waals surface area (Å²) in [5.41, 5.74) is 0.573.